The molecule has 1 unspecified atom stereocenters. The zero-order valence-corrected chi connectivity index (χ0v) is 23.1. The Bertz CT molecular complexity index is 1290. The summed E-state index contributed by atoms with van der Waals surface area (Å²) in [6, 6.07) is 22.7. The van der Waals surface area contributed by atoms with Crippen LogP contribution in [-0.4, -0.2) is 32.8 Å². The number of aromatic nitrogens is 2. The van der Waals surface area contributed by atoms with E-state index in [0.29, 0.717) is 11.7 Å². The fourth-order valence-corrected chi connectivity index (χ4v) is 5.32. The topological polar surface area (TPSA) is 61.0 Å². The van der Waals surface area contributed by atoms with E-state index in [1.54, 1.807) is 4.90 Å². The third kappa shape index (κ3) is 7.69. The van der Waals surface area contributed by atoms with Crippen LogP contribution in [0.1, 0.15) is 46.0 Å². The molecule has 0 saturated heterocycles. The van der Waals surface area contributed by atoms with Crippen molar-refractivity contribution in [1.82, 2.24) is 14.9 Å². The number of H-pyrrole nitrogens is 1. The van der Waals surface area contributed by atoms with Crippen molar-refractivity contribution in [2.45, 2.75) is 56.5 Å². The molecule has 0 spiro atoms. The number of amides is 2. The molecule has 0 aliphatic rings. The number of rotatable bonds is 12. The number of hydrogen-bond donors (Lipinski definition) is 2. The quantitative estimate of drug-likeness (QED) is 0.106. The number of imidazole rings is 1. The Morgan fingerprint density at radius 1 is 0.949 bits per heavy atom. The molecule has 1 heterocycles. The predicted octanol–water partition coefficient (Wildman–Crippen LogP) is 8.96. The number of carbonyl (C=O) groups is 1. The Morgan fingerprint density at radius 2 is 1.62 bits per heavy atom. The minimum atomic E-state index is -0.808. The fourth-order valence-electron chi connectivity index (χ4n) is 4.36. The summed E-state index contributed by atoms with van der Waals surface area (Å²) in [5, 5.41) is 3.00. The van der Waals surface area contributed by atoms with Crippen molar-refractivity contribution in [2.24, 2.45) is 0 Å². The molecule has 1 aromatic heterocycles. The van der Waals surface area contributed by atoms with Crippen LogP contribution in [0.15, 0.2) is 84.0 Å². The second kappa shape index (κ2) is 13.9. The first-order valence-corrected chi connectivity index (χ1v) is 14.2. The van der Waals surface area contributed by atoms with Crippen molar-refractivity contribution < 1.29 is 13.6 Å². The van der Waals surface area contributed by atoms with Gasteiger partial charge >= 0.3 is 6.03 Å². The molecule has 5 nitrogen and oxygen atoms in total. The minimum Gasteiger partial charge on any atom is -0.332 e. The van der Waals surface area contributed by atoms with E-state index in [1.807, 2.05) is 67.6 Å². The molecular weight excluding hydrogens is 514 g/mol. The maximum atomic E-state index is 14.3. The first-order valence-electron chi connectivity index (χ1n) is 13.4. The average molecular weight is 549 g/mol. The van der Waals surface area contributed by atoms with E-state index in [4.69, 9.17) is 4.98 Å². The van der Waals surface area contributed by atoms with Crippen LogP contribution in [0.5, 0.6) is 0 Å². The van der Waals surface area contributed by atoms with Crippen LogP contribution in [0, 0.1) is 11.6 Å². The Morgan fingerprint density at radius 3 is 2.28 bits per heavy atom. The molecule has 0 saturated carbocycles. The first kappa shape index (κ1) is 28.4. The highest BCUT2D eigenvalue weighted by molar-refractivity contribution is 7.99. The van der Waals surface area contributed by atoms with E-state index in [-0.39, 0.29) is 11.1 Å². The highest BCUT2D eigenvalue weighted by Gasteiger charge is 2.24. The third-order valence-electron chi connectivity index (χ3n) is 6.45. The molecular formula is C31H34F2N4OS. The molecule has 204 valence electrons. The van der Waals surface area contributed by atoms with E-state index >= 15 is 0 Å². The largest absolute Gasteiger partial charge is 0.332 e. The molecule has 39 heavy (non-hydrogen) atoms. The molecule has 8 heteroatoms. The third-order valence-corrected chi connectivity index (χ3v) is 7.46. The standard InChI is InChI=1S/C31H34F2N4OS/c1-3-4-5-6-13-20-37(31(38)34-27-19-18-25(32)21-26(27)33)22(2)39-30-35-28(23-14-9-7-10-15-23)29(36-30)24-16-11-8-12-17-24/h7-12,14-19,21-22H,3-6,13,20H2,1-2H3,(H,34,38)(H,35,36). The molecule has 0 radical (unpaired) electrons. The number of hydrogen-bond acceptors (Lipinski definition) is 3. The van der Waals surface area contributed by atoms with Crippen LogP contribution < -0.4 is 5.32 Å². The van der Waals surface area contributed by atoms with Crippen LogP contribution in [0.3, 0.4) is 0 Å². The molecule has 3 aromatic carbocycles. The second-order valence-electron chi connectivity index (χ2n) is 9.38. The number of halogens is 2. The van der Waals surface area contributed by atoms with Crippen molar-refractivity contribution in [3.8, 4) is 22.5 Å². The van der Waals surface area contributed by atoms with Gasteiger partial charge in [0.05, 0.1) is 22.4 Å². The summed E-state index contributed by atoms with van der Waals surface area (Å²) in [5.74, 6) is -1.50. The lowest BCUT2D eigenvalue weighted by molar-refractivity contribution is 0.208. The summed E-state index contributed by atoms with van der Waals surface area (Å²) in [5.41, 5.74) is 3.69. The van der Waals surface area contributed by atoms with Gasteiger partial charge in [0, 0.05) is 23.7 Å². The smallest absolute Gasteiger partial charge is 0.322 e. The molecule has 0 aliphatic heterocycles. The van der Waals surface area contributed by atoms with Gasteiger partial charge in [-0.3, -0.25) is 0 Å². The summed E-state index contributed by atoms with van der Waals surface area (Å²) in [4.78, 5) is 23.4. The van der Waals surface area contributed by atoms with Gasteiger partial charge in [-0.1, -0.05) is 105 Å². The highest BCUT2D eigenvalue weighted by Crippen LogP contribution is 2.34. The monoisotopic (exact) mass is 548 g/mol. The summed E-state index contributed by atoms with van der Waals surface area (Å²) in [6.07, 6.45) is 5.20. The zero-order chi connectivity index (χ0) is 27.6. The van der Waals surface area contributed by atoms with Gasteiger partial charge in [-0.15, -0.1) is 0 Å². The summed E-state index contributed by atoms with van der Waals surface area (Å²) >= 11 is 1.43. The SMILES string of the molecule is CCCCCCCN(C(=O)Nc1ccc(F)cc1F)C(C)Sc1nc(-c2ccccc2)c(-c2ccccc2)[nH]1. The molecule has 4 rings (SSSR count). The van der Waals surface area contributed by atoms with Crippen molar-refractivity contribution in [3.63, 3.8) is 0 Å². The number of unbranched alkanes of at least 4 members (excludes halogenated alkanes) is 4. The van der Waals surface area contributed by atoms with Gasteiger partial charge in [-0.25, -0.2) is 18.6 Å². The molecule has 0 bridgehead atoms. The number of aromatic amines is 1. The Labute approximate surface area is 233 Å². The van der Waals surface area contributed by atoms with E-state index in [0.717, 1.165) is 66.8 Å². The van der Waals surface area contributed by atoms with Gasteiger partial charge in [-0.05, 0) is 25.5 Å². The normalized spacial score (nSPS) is 11.8. The summed E-state index contributed by atoms with van der Waals surface area (Å²) in [7, 11) is 0. The number of carbonyl (C=O) groups excluding carboxylic acids is 1. The molecule has 1 atom stereocenters. The number of benzene rings is 3. The van der Waals surface area contributed by atoms with Crippen LogP contribution in [0.4, 0.5) is 19.3 Å². The van der Waals surface area contributed by atoms with E-state index in [9.17, 15) is 13.6 Å². The average Bonchev–Trinajstić information content (AvgIpc) is 3.37. The van der Waals surface area contributed by atoms with Gasteiger partial charge in [0.25, 0.3) is 0 Å². The van der Waals surface area contributed by atoms with Crippen LogP contribution in [0.25, 0.3) is 22.5 Å². The summed E-state index contributed by atoms with van der Waals surface area (Å²) < 4.78 is 27.7. The van der Waals surface area contributed by atoms with E-state index in [2.05, 4.69) is 17.2 Å². The number of anilines is 1. The first-order chi connectivity index (χ1) is 19.0. The minimum absolute atomic E-state index is 0.0506. The molecule has 2 N–H and O–H groups in total. The van der Waals surface area contributed by atoms with Gasteiger partial charge in [0.15, 0.2) is 5.16 Å². The zero-order valence-electron chi connectivity index (χ0n) is 22.3. The van der Waals surface area contributed by atoms with Crippen molar-refractivity contribution in [1.29, 1.82) is 0 Å². The molecule has 0 aliphatic carbocycles. The molecule has 2 amide bonds. The van der Waals surface area contributed by atoms with Crippen LogP contribution in [0.2, 0.25) is 0 Å². The van der Waals surface area contributed by atoms with Crippen molar-refractivity contribution in [3.05, 3.63) is 90.5 Å². The summed E-state index contributed by atoms with van der Waals surface area (Å²) in [6.45, 7) is 4.60. The van der Waals surface area contributed by atoms with Crippen LogP contribution >= 0.6 is 11.8 Å². The number of nitrogens with one attached hydrogen (secondary N) is 2. The number of nitrogens with zero attached hydrogens (tertiary/aromatic N) is 2. The van der Waals surface area contributed by atoms with Crippen molar-refractivity contribution in [2.75, 3.05) is 11.9 Å². The highest BCUT2D eigenvalue weighted by atomic mass is 32.2. The van der Waals surface area contributed by atoms with E-state index < -0.39 is 17.7 Å². The van der Waals surface area contributed by atoms with Gasteiger partial charge in [-0.2, -0.15) is 0 Å². The van der Waals surface area contributed by atoms with E-state index in [1.165, 1.54) is 17.8 Å². The van der Waals surface area contributed by atoms with Gasteiger partial charge in [0.2, 0.25) is 0 Å². The molecule has 4 aromatic rings. The lowest BCUT2D eigenvalue weighted by Crippen LogP contribution is -2.40. The lowest BCUT2D eigenvalue weighted by atomic mass is 10.1. The van der Waals surface area contributed by atoms with Gasteiger partial charge < -0.3 is 15.2 Å². The van der Waals surface area contributed by atoms with Crippen molar-refractivity contribution >= 4 is 23.5 Å². The lowest BCUT2D eigenvalue weighted by Gasteiger charge is -2.28. The van der Waals surface area contributed by atoms with Gasteiger partial charge in [0.1, 0.15) is 11.6 Å². The Balaban J connectivity index is 1.57. The predicted molar refractivity (Wildman–Crippen MR) is 156 cm³/mol. The second-order valence-corrected chi connectivity index (χ2v) is 10.7. The maximum Gasteiger partial charge on any atom is 0.322 e. The Hall–Kier alpha value is -3.65. The number of thioether (sulfide) groups is 1. The number of urea groups is 1. The Kier molecular flexibility index (Phi) is 10.1. The molecule has 0 fully saturated rings. The maximum absolute atomic E-state index is 14.3. The fraction of sp³-hybridized carbons (Fsp3) is 0.290. The van der Waals surface area contributed by atoms with Crippen LogP contribution in [-0.2, 0) is 0 Å².